The van der Waals surface area contributed by atoms with Gasteiger partial charge in [-0.2, -0.15) is 0 Å². The molecule has 1 aromatic carbocycles. The Balaban J connectivity index is 0.00000493. The summed E-state index contributed by atoms with van der Waals surface area (Å²) in [6, 6.07) is 2.45. The highest BCUT2D eigenvalue weighted by molar-refractivity contribution is 5.87. The molecular weight excluding hydrogens is 676 g/mol. The van der Waals surface area contributed by atoms with E-state index in [1.54, 1.807) is 30.8 Å². The minimum absolute atomic E-state index is 0.00226. The van der Waals surface area contributed by atoms with E-state index < -0.39 is 41.8 Å². The molecule has 1 heterocycles. The van der Waals surface area contributed by atoms with Gasteiger partial charge in [-0.3, -0.25) is 19.2 Å². The van der Waals surface area contributed by atoms with E-state index in [-0.39, 0.29) is 67.1 Å². The van der Waals surface area contributed by atoms with Gasteiger partial charge in [0.15, 0.2) is 0 Å². The molecule has 5 unspecified atom stereocenters. The minimum atomic E-state index is -0.663. The zero-order valence-electron chi connectivity index (χ0n) is 33.4. The average molecular weight is 744 g/mol. The summed E-state index contributed by atoms with van der Waals surface area (Å²) in [7, 11) is 7.37. The first-order valence-electron chi connectivity index (χ1n) is 18.4. The van der Waals surface area contributed by atoms with Gasteiger partial charge < -0.3 is 40.3 Å². The number of nitrogens with one attached hydrogen (secondary N) is 3. The Labute approximate surface area is 310 Å². The van der Waals surface area contributed by atoms with Crippen LogP contribution in [-0.2, 0) is 35.1 Å². The lowest BCUT2D eigenvalue weighted by Crippen LogP contribution is -2.53. The Morgan fingerprint density at radius 1 is 1.00 bits per heavy atom. The molecular formula is C38H67F2N5O7. The molecule has 300 valence electrons. The van der Waals surface area contributed by atoms with Gasteiger partial charge in [-0.15, -0.1) is 0 Å². The fraction of sp³-hybridized carbons (Fsp3) is 0.737. The molecule has 12 nitrogen and oxygen atoms in total. The summed E-state index contributed by atoms with van der Waals surface area (Å²) in [5.74, 6) is -2.99. The van der Waals surface area contributed by atoms with Crippen LogP contribution < -0.4 is 16.0 Å². The molecule has 1 aliphatic rings. The minimum Gasteiger partial charge on any atom is -0.400 e. The van der Waals surface area contributed by atoms with Crippen LogP contribution in [0.4, 0.5) is 8.78 Å². The maximum Gasteiger partial charge on any atom is 0.242 e. The summed E-state index contributed by atoms with van der Waals surface area (Å²) < 4.78 is 39.6. The molecule has 2 rings (SSSR count). The number of benzene rings is 1. The van der Waals surface area contributed by atoms with Crippen molar-refractivity contribution in [2.75, 3.05) is 55.1 Å². The zero-order chi connectivity index (χ0) is 40.0. The van der Waals surface area contributed by atoms with Crippen LogP contribution in [0.2, 0.25) is 0 Å². The molecule has 0 saturated carbocycles. The van der Waals surface area contributed by atoms with Crippen LogP contribution in [-0.4, -0.2) is 124 Å². The number of carbonyl (C=O) groups is 4. The van der Waals surface area contributed by atoms with Crippen molar-refractivity contribution in [2.24, 2.45) is 11.8 Å². The second-order valence-electron chi connectivity index (χ2n) is 13.3. The molecule has 1 fully saturated rings. The number of hydrogen-bond donors (Lipinski definition) is 4. The summed E-state index contributed by atoms with van der Waals surface area (Å²) in [5, 5.41) is 15.4. The maximum atomic E-state index is 14.0. The third kappa shape index (κ3) is 15.0. The van der Waals surface area contributed by atoms with Crippen LogP contribution in [0.15, 0.2) is 18.2 Å². The van der Waals surface area contributed by atoms with Gasteiger partial charge in [-0.05, 0) is 50.8 Å². The van der Waals surface area contributed by atoms with E-state index in [0.29, 0.717) is 19.4 Å². The molecule has 0 aliphatic carbocycles. The molecule has 0 radical (unpaired) electrons. The second kappa shape index (κ2) is 26.5. The Morgan fingerprint density at radius 2 is 1.60 bits per heavy atom. The van der Waals surface area contributed by atoms with Crippen LogP contribution in [0.3, 0.4) is 0 Å². The van der Waals surface area contributed by atoms with Crippen molar-refractivity contribution in [3.05, 3.63) is 35.4 Å². The quantitative estimate of drug-likeness (QED) is 0.168. The third-order valence-corrected chi connectivity index (χ3v) is 9.17. The van der Waals surface area contributed by atoms with Crippen LogP contribution in [0.1, 0.15) is 85.6 Å². The number of halogens is 2. The van der Waals surface area contributed by atoms with Gasteiger partial charge in [0.1, 0.15) is 11.6 Å². The van der Waals surface area contributed by atoms with Crippen molar-refractivity contribution in [3.8, 4) is 0 Å². The number of methoxy groups -OCH3 is 2. The number of likely N-dealkylation sites (N-methyl/N-ethyl adjacent to an activating group) is 2. The highest BCUT2D eigenvalue weighted by Crippen LogP contribution is 2.28. The standard InChI is InChI=1S/C34H55F2N5O6.C3H8.CH4O/c1-9-12-26(40(6)30(43)20-39-34(45)31(37-5)21(2)3)28(46-7)19-29(42)41-18-11-15-27(41)32(47-8)22(4)33(44)38-17-16-23-24(35)13-10-14-25(23)36;1-3-2;1-2/h10,13-14,21-22,26-28,31-32,37H,9,11-12,15-20H2,1-8H3,(H,38,44)(H,39,45);3H2,1-2H3;2H,1H3/t22?,26-,27?,28?,31?,32?;;/m0../s1. The molecule has 4 amide bonds. The number of rotatable bonds is 19. The second-order valence-corrected chi connectivity index (χ2v) is 13.3. The molecule has 14 heteroatoms. The van der Waals surface area contributed by atoms with Crippen LogP contribution in [0.25, 0.3) is 0 Å². The molecule has 0 aromatic heterocycles. The molecule has 1 aliphatic heterocycles. The van der Waals surface area contributed by atoms with E-state index in [1.165, 1.54) is 38.8 Å². The Kier molecular flexibility index (Phi) is 24.9. The van der Waals surface area contributed by atoms with Crippen LogP contribution in [0, 0.1) is 23.5 Å². The summed E-state index contributed by atoms with van der Waals surface area (Å²) >= 11 is 0. The number of likely N-dealkylation sites (tertiary alicyclic amines) is 1. The predicted molar refractivity (Wildman–Crippen MR) is 199 cm³/mol. The van der Waals surface area contributed by atoms with Gasteiger partial charge in [-0.25, -0.2) is 8.78 Å². The van der Waals surface area contributed by atoms with Gasteiger partial charge in [0, 0.05) is 47.0 Å². The van der Waals surface area contributed by atoms with Crippen molar-refractivity contribution in [3.63, 3.8) is 0 Å². The number of ether oxygens (including phenoxy) is 2. The number of aliphatic hydroxyl groups is 1. The molecule has 1 aromatic rings. The van der Waals surface area contributed by atoms with Crippen molar-refractivity contribution in [1.82, 2.24) is 25.8 Å². The van der Waals surface area contributed by atoms with E-state index >= 15 is 0 Å². The maximum absolute atomic E-state index is 14.0. The number of hydrogen-bond acceptors (Lipinski definition) is 8. The smallest absolute Gasteiger partial charge is 0.242 e. The number of aliphatic hydroxyl groups excluding tert-OH is 1. The fourth-order valence-electron chi connectivity index (χ4n) is 6.47. The van der Waals surface area contributed by atoms with Crippen LogP contribution >= 0.6 is 0 Å². The summed E-state index contributed by atoms with van der Waals surface area (Å²) in [6.07, 6.45) is 2.75. The van der Waals surface area contributed by atoms with Crippen molar-refractivity contribution >= 4 is 23.6 Å². The lowest BCUT2D eigenvalue weighted by molar-refractivity contribution is -0.144. The number of amides is 4. The first-order chi connectivity index (χ1) is 24.7. The molecule has 52 heavy (non-hydrogen) atoms. The zero-order valence-corrected chi connectivity index (χ0v) is 33.4. The van der Waals surface area contributed by atoms with Gasteiger partial charge in [0.05, 0.1) is 49.2 Å². The van der Waals surface area contributed by atoms with Gasteiger partial charge in [-0.1, -0.05) is 60.5 Å². The lowest BCUT2D eigenvalue weighted by Gasteiger charge is -2.37. The molecule has 0 bridgehead atoms. The Bertz CT molecular complexity index is 1190. The summed E-state index contributed by atoms with van der Waals surface area (Å²) in [6.45, 7) is 12.1. The first-order valence-corrected chi connectivity index (χ1v) is 18.4. The Morgan fingerprint density at radius 3 is 2.10 bits per heavy atom. The molecule has 1 saturated heterocycles. The van der Waals surface area contributed by atoms with E-state index in [0.717, 1.165) is 20.0 Å². The normalized spacial score (nSPS) is 16.7. The van der Waals surface area contributed by atoms with E-state index in [9.17, 15) is 28.0 Å². The Hall–Kier alpha value is -3.20. The largest absolute Gasteiger partial charge is 0.400 e. The SMILES string of the molecule is CCC.CCC[C@@H](C(CC(=O)N1CCCC1C(OC)C(C)C(=O)NCCc1c(F)cccc1F)OC)N(C)C(=O)CNC(=O)C(NC)C(C)C.CO. The predicted octanol–water partition coefficient (Wildman–Crippen LogP) is 3.68. The van der Waals surface area contributed by atoms with Gasteiger partial charge >= 0.3 is 0 Å². The summed E-state index contributed by atoms with van der Waals surface area (Å²) in [5.41, 5.74) is -0.0870. The third-order valence-electron chi connectivity index (χ3n) is 9.17. The molecule has 0 spiro atoms. The topological polar surface area (TPSA) is 150 Å². The summed E-state index contributed by atoms with van der Waals surface area (Å²) in [4.78, 5) is 55.9. The van der Waals surface area contributed by atoms with E-state index in [2.05, 4.69) is 29.8 Å². The molecule has 6 atom stereocenters. The van der Waals surface area contributed by atoms with Crippen molar-refractivity contribution in [2.45, 2.75) is 117 Å². The highest BCUT2D eigenvalue weighted by Gasteiger charge is 2.41. The lowest BCUT2D eigenvalue weighted by atomic mass is 9.94. The molecule has 4 N–H and O–H groups in total. The van der Waals surface area contributed by atoms with Crippen molar-refractivity contribution < 1.29 is 42.5 Å². The van der Waals surface area contributed by atoms with Gasteiger partial charge in [0.25, 0.3) is 0 Å². The van der Waals surface area contributed by atoms with Crippen LogP contribution in [0.5, 0.6) is 0 Å². The number of nitrogens with zero attached hydrogens (tertiary/aromatic N) is 2. The highest BCUT2D eigenvalue weighted by atomic mass is 19.1. The van der Waals surface area contributed by atoms with E-state index in [1.807, 2.05) is 20.8 Å². The average Bonchev–Trinajstić information content (AvgIpc) is 3.61. The van der Waals surface area contributed by atoms with Crippen molar-refractivity contribution in [1.29, 1.82) is 0 Å². The van der Waals surface area contributed by atoms with E-state index in [4.69, 9.17) is 14.6 Å². The monoisotopic (exact) mass is 744 g/mol. The number of carbonyl (C=O) groups excluding carboxylic acids is 4. The fourth-order valence-corrected chi connectivity index (χ4v) is 6.47. The van der Waals surface area contributed by atoms with Gasteiger partial charge in [0.2, 0.25) is 23.6 Å². The first kappa shape index (κ1) is 48.8.